The molecule has 0 saturated heterocycles. The first kappa shape index (κ1) is 12.4. The minimum Gasteiger partial charge on any atom is -0.481 e. The molecule has 1 aromatic carbocycles. The van der Waals surface area contributed by atoms with E-state index in [0.29, 0.717) is 0 Å². The highest BCUT2D eigenvalue weighted by Crippen LogP contribution is 2.41. The van der Waals surface area contributed by atoms with E-state index < -0.39 is 11.4 Å². The Kier molecular flexibility index (Phi) is 2.93. The van der Waals surface area contributed by atoms with E-state index in [4.69, 9.17) is 0 Å². The largest absolute Gasteiger partial charge is 0.481 e. The molecule has 2 unspecified atom stereocenters. The molecule has 2 aromatic rings. The molecule has 0 radical (unpaired) electrons. The number of benzene rings is 1. The molecule has 1 fully saturated rings. The monoisotopic (exact) mass is 276 g/mol. The Balaban J connectivity index is 1.91. The Morgan fingerprint density at radius 1 is 1.53 bits per heavy atom. The van der Waals surface area contributed by atoms with Crippen LogP contribution >= 0.6 is 11.5 Å². The molecule has 5 heteroatoms. The molecule has 0 bridgehead atoms. The van der Waals surface area contributed by atoms with Crippen molar-refractivity contribution in [3.8, 4) is 0 Å². The van der Waals surface area contributed by atoms with E-state index in [9.17, 15) is 9.90 Å². The SMILES string of the molecule is CC1(C(=O)O)CCCC1Nc1snc2ccccc12. The van der Waals surface area contributed by atoms with Gasteiger partial charge in [-0.2, -0.15) is 4.37 Å². The molecule has 4 nitrogen and oxygen atoms in total. The summed E-state index contributed by atoms with van der Waals surface area (Å²) in [5.41, 5.74) is 0.287. The van der Waals surface area contributed by atoms with Crippen molar-refractivity contribution in [3.63, 3.8) is 0 Å². The molecular weight excluding hydrogens is 260 g/mol. The molecule has 100 valence electrons. The number of carboxylic acid groups (broad SMARTS) is 1. The van der Waals surface area contributed by atoms with Gasteiger partial charge >= 0.3 is 5.97 Å². The lowest BCUT2D eigenvalue weighted by Gasteiger charge is -2.27. The van der Waals surface area contributed by atoms with E-state index in [2.05, 4.69) is 9.69 Å². The zero-order valence-electron chi connectivity index (χ0n) is 10.7. The van der Waals surface area contributed by atoms with Crippen LogP contribution in [0.4, 0.5) is 5.00 Å². The summed E-state index contributed by atoms with van der Waals surface area (Å²) in [5, 5.41) is 14.9. The molecule has 1 aromatic heterocycles. The number of nitrogens with zero attached hydrogens (tertiary/aromatic N) is 1. The van der Waals surface area contributed by atoms with Crippen molar-refractivity contribution < 1.29 is 9.90 Å². The lowest BCUT2D eigenvalue weighted by Crippen LogP contribution is -2.40. The lowest BCUT2D eigenvalue weighted by molar-refractivity contribution is -0.147. The van der Waals surface area contributed by atoms with Gasteiger partial charge in [0.05, 0.1) is 10.9 Å². The number of aromatic nitrogens is 1. The third-order valence-electron chi connectivity index (χ3n) is 4.14. The van der Waals surface area contributed by atoms with Gasteiger partial charge in [-0.1, -0.05) is 18.6 Å². The zero-order valence-corrected chi connectivity index (χ0v) is 11.5. The normalized spacial score (nSPS) is 26.7. The maximum absolute atomic E-state index is 11.5. The standard InChI is InChI=1S/C14H16N2O2S/c1-14(13(17)18)8-4-7-11(14)15-12-9-5-2-3-6-10(9)16-19-12/h2-3,5-6,11,15H,4,7-8H2,1H3,(H,17,18). The fourth-order valence-corrected chi connectivity index (χ4v) is 3.62. The van der Waals surface area contributed by atoms with E-state index in [0.717, 1.165) is 35.2 Å². The van der Waals surface area contributed by atoms with Gasteiger partial charge in [-0.05, 0) is 43.4 Å². The van der Waals surface area contributed by atoms with Crippen molar-refractivity contribution in [2.75, 3.05) is 5.32 Å². The van der Waals surface area contributed by atoms with E-state index in [1.807, 2.05) is 31.2 Å². The summed E-state index contributed by atoms with van der Waals surface area (Å²) in [4.78, 5) is 11.5. The fraction of sp³-hybridized carbons (Fsp3) is 0.429. The smallest absolute Gasteiger partial charge is 0.311 e. The van der Waals surface area contributed by atoms with Gasteiger partial charge in [-0.15, -0.1) is 0 Å². The molecule has 1 aliphatic rings. The number of carboxylic acids is 1. The van der Waals surface area contributed by atoms with Gasteiger partial charge in [0.2, 0.25) is 0 Å². The molecular formula is C14H16N2O2S. The second kappa shape index (κ2) is 4.49. The van der Waals surface area contributed by atoms with Gasteiger partial charge in [0, 0.05) is 11.4 Å². The van der Waals surface area contributed by atoms with Crippen LogP contribution in [0.15, 0.2) is 24.3 Å². The number of rotatable bonds is 3. The minimum absolute atomic E-state index is 0.0196. The Hall–Kier alpha value is -1.62. The van der Waals surface area contributed by atoms with Crippen LogP contribution in [0.3, 0.4) is 0 Å². The number of fused-ring (bicyclic) bond motifs is 1. The van der Waals surface area contributed by atoms with Gasteiger partial charge in [-0.25, -0.2) is 0 Å². The van der Waals surface area contributed by atoms with Crippen LogP contribution in [0.1, 0.15) is 26.2 Å². The third-order valence-corrected chi connectivity index (χ3v) is 4.94. The molecule has 2 atom stereocenters. The highest BCUT2D eigenvalue weighted by Gasteiger charge is 2.45. The number of carbonyl (C=O) groups is 1. The number of hydrogen-bond donors (Lipinski definition) is 2. The zero-order chi connectivity index (χ0) is 13.5. The molecule has 19 heavy (non-hydrogen) atoms. The van der Waals surface area contributed by atoms with Gasteiger partial charge in [0.15, 0.2) is 0 Å². The minimum atomic E-state index is -0.712. The van der Waals surface area contributed by atoms with Gasteiger partial charge in [0.1, 0.15) is 5.00 Å². The summed E-state index contributed by atoms with van der Waals surface area (Å²) in [6.07, 6.45) is 2.59. The first-order valence-corrected chi connectivity index (χ1v) is 7.23. The average Bonchev–Trinajstić information content (AvgIpc) is 2.97. The number of anilines is 1. The molecule has 1 saturated carbocycles. The van der Waals surface area contributed by atoms with Gasteiger partial charge in [0.25, 0.3) is 0 Å². The molecule has 3 rings (SSSR count). The Morgan fingerprint density at radius 3 is 3.11 bits per heavy atom. The topological polar surface area (TPSA) is 62.2 Å². The quantitative estimate of drug-likeness (QED) is 0.902. The molecule has 0 amide bonds. The maximum atomic E-state index is 11.5. The summed E-state index contributed by atoms with van der Waals surface area (Å²) in [6.45, 7) is 1.84. The predicted molar refractivity (Wildman–Crippen MR) is 76.6 cm³/mol. The lowest BCUT2D eigenvalue weighted by atomic mass is 9.85. The maximum Gasteiger partial charge on any atom is 0.311 e. The van der Waals surface area contributed by atoms with Crippen LogP contribution in [0.2, 0.25) is 0 Å². The van der Waals surface area contributed by atoms with Crippen molar-refractivity contribution in [2.24, 2.45) is 5.41 Å². The van der Waals surface area contributed by atoms with Crippen molar-refractivity contribution in [1.29, 1.82) is 0 Å². The summed E-state index contributed by atoms with van der Waals surface area (Å²) in [5.74, 6) is -0.712. The predicted octanol–water partition coefficient (Wildman–Crippen LogP) is 3.35. The van der Waals surface area contributed by atoms with E-state index in [1.165, 1.54) is 11.5 Å². The van der Waals surface area contributed by atoms with Crippen LogP contribution in [0.5, 0.6) is 0 Å². The highest BCUT2D eigenvalue weighted by molar-refractivity contribution is 7.11. The fourth-order valence-electron chi connectivity index (χ4n) is 2.81. The molecule has 1 heterocycles. The first-order valence-electron chi connectivity index (χ1n) is 6.45. The molecule has 1 aliphatic carbocycles. The number of aliphatic carboxylic acids is 1. The Morgan fingerprint density at radius 2 is 2.32 bits per heavy atom. The Bertz CT molecular complexity index is 625. The van der Waals surface area contributed by atoms with Crippen LogP contribution in [0.25, 0.3) is 10.9 Å². The summed E-state index contributed by atoms with van der Waals surface area (Å²) in [7, 11) is 0. The van der Waals surface area contributed by atoms with Crippen LogP contribution < -0.4 is 5.32 Å². The van der Waals surface area contributed by atoms with E-state index in [-0.39, 0.29) is 6.04 Å². The third kappa shape index (κ3) is 1.98. The van der Waals surface area contributed by atoms with Crippen LogP contribution in [-0.4, -0.2) is 21.5 Å². The van der Waals surface area contributed by atoms with Gasteiger partial charge < -0.3 is 10.4 Å². The van der Waals surface area contributed by atoms with E-state index in [1.54, 1.807) is 0 Å². The van der Waals surface area contributed by atoms with Gasteiger partial charge in [-0.3, -0.25) is 4.79 Å². The van der Waals surface area contributed by atoms with Crippen molar-refractivity contribution in [2.45, 2.75) is 32.2 Å². The average molecular weight is 276 g/mol. The van der Waals surface area contributed by atoms with Crippen molar-refractivity contribution in [3.05, 3.63) is 24.3 Å². The van der Waals surface area contributed by atoms with E-state index >= 15 is 0 Å². The second-order valence-electron chi connectivity index (χ2n) is 5.34. The van der Waals surface area contributed by atoms with Crippen molar-refractivity contribution >= 4 is 33.4 Å². The number of hydrogen-bond acceptors (Lipinski definition) is 4. The summed E-state index contributed by atoms with van der Waals surface area (Å²) >= 11 is 1.41. The molecule has 2 N–H and O–H groups in total. The molecule has 0 aliphatic heterocycles. The van der Waals surface area contributed by atoms with Crippen LogP contribution in [0, 0.1) is 5.41 Å². The highest BCUT2D eigenvalue weighted by atomic mass is 32.1. The molecule has 0 spiro atoms. The van der Waals surface area contributed by atoms with Crippen LogP contribution in [-0.2, 0) is 4.79 Å². The van der Waals surface area contributed by atoms with Crippen molar-refractivity contribution in [1.82, 2.24) is 4.37 Å². The summed E-state index contributed by atoms with van der Waals surface area (Å²) < 4.78 is 4.39. The first-order chi connectivity index (χ1) is 9.11. The Labute approximate surface area is 115 Å². The second-order valence-corrected chi connectivity index (χ2v) is 6.11. The number of nitrogens with one attached hydrogen (secondary N) is 1. The summed E-state index contributed by atoms with van der Waals surface area (Å²) in [6, 6.07) is 7.92.